The normalized spacial score (nSPS) is 14.3. The smallest absolute Gasteiger partial charge is 0.0650 e. The summed E-state index contributed by atoms with van der Waals surface area (Å²) in [6, 6.07) is 6.26. The monoisotopic (exact) mass is 259 g/mol. The SMILES string of the molecule is CCC(C)n1ccc(CC(O)Cc2cccnc2)n1. The lowest BCUT2D eigenvalue weighted by Crippen LogP contribution is -2.15. The van der Waals surface area contributed by atoms with Gasteiger partial charge in [-0.15, -0.1) is 0 Å². The van der Waals surface area contributed by atoms with E-state index in [9.17, 15) is 5.11 Å². The van der Waals surface area contributed by atoms with Gasteiger partial charge in [0.1, 0.15) is 0 Å². The molecule has 0 aliphatic heterocycles. The van der Waals surface area contributed by atoms with Gasteiger partial charge in [0.15, 0.2) is 0 Å². The molecule has 0 saturated carbocycles. The van der Waals surface area contributed by atoms with E-state index in [1.807, 2.05) is 29.1 Å². The summed E-state index contributed by atoms with van der Waals surface area (Å²) in [5, 5.41) is 14.6. The Balaban J connectivity index is 1.92. The number of hydrogen-bond donors (Lipinski definition) is 1. The molecule has 0 aliphatic carbocycles. The highest BCUT2D eigenvalue weighted by molar-refractivity contribution is 5.11. The van der Waals surface area contributed by atoms with Crippen molar-refractivity contribution >= 4 is 0 Å². The van der Waals surface area contributed by atoms with Crippen LogP contribution in [0.2, 0.25) is 0 Å². The first-order chi connectivity index (χ1) is 9.19. The maximum absolute atomic E-state index is 10.1. The Hall–Kier alpha value is -1.68. The van der Waals surface area contributed by atoms with Crippen molar-refractivity contribution in [3.8, 4) is 0 Å². The van der Waals surface area contributed by atoms with Crippen molar-refractivity contribution in [2.75, 3.05) is 0 Å². The summed E-state index contributed by atoms with van der Waals surface area (Å²) >= 11 is 0. The maximum Gasteiger partial charge on any atom is 0.0650 e. The zero-order chi connectivity index (χ0) is 13.7. The summed E-state index contributed by atoms with van der Waals surface area (Å²) in [5.41, 5.74) is 1.99. The van der Waals surface area contributed by atoms with Gasteiger partial charge in [0.2, 0.25) is 0 Å². The van der Waals surface area contributed by atoms with Gasteiger partial charge in [-0.2, -0.15) is 5.10 Å². The molecule has 0 aromatic carbocycles. The number of hydrogen-bond acceptors (Lipinski definition) is 3. The van der Waals surface area contributed by atoms with Gasteiger partial charge in [0.05, 0.1) is 11.8 Å². The topological polar surface area (TPSA) is 50.9 Å². The molecule has 0 saturated heterocycles. The van der Waals surface area contributed by atoms with E-state index in [0.717, 1.165) is 17.7 Å². The third-order valence-electron chi connectivity index (χ3n) is 3.34. The van der Waals surface area contributed by atoms with Crippen molar-refractivity contribution in [1.29, 1.82) is 0 Å². The fourth-order valence-corrected chi connectivity index (χ4v) is 2.02. The highest BCUT2D eigenvalue weighted by atomic mass is 16.3. The van der Waals surface area contributed by atoms with Gasteiger partial charge in [-0.05, 0) is 31.0 Å². The van der Waals surface area contributed by atoms with Gasteiger partial charge in [0.25, 0.3) is 0 Å². The quantitative estimate of drug-likeness (QED) is 0.866. The minimum atomic E-state index is -0.413. The molecule has 2 unspecified atom stereocenters. The van der Waals surface area contributed by atoms with Gasteiger partial charge in [-0.3, -0.25) is 9.67 Å². The Morgan fingerprint density at radius 2 is 2.16 bits per heavy atom. The molecule has 0 radical (unpaired) electrons. The molecule has 0 bridgehead atoms. The summed E-state index contributed by atoms with van der Waals surface area (Å²) in [6.07, 6.45) is 7.36. The van der Waals surface area contributed by atoms with Crippen molar-refractivity contribution in [2.24, 2.45) is 0 Å². The molecule has 0 spiro atoms. The van der Waals surface area contributed by atoms with E-state index in [0.29, 0.717) is 18.9 Å². The van der Waals surface area contributed by atoms with Crippen LogP contribution in [0.25, 0.3) is 0 Å². The van der Waals surface area contributed by atoms with Gasteiger partial charge in [-0.1, -0.05) is 13.0 Å². The first kappa shape index (κ1) is 13.7. The van der Waals surface area contributed by atoms with Gasteiger partial charge < -0.3 is 5.11 Å². The molecular weight excluding hydrogens is 238 g/mol. The lowest BCUT2D eigenvalue weighted by Gasteiger charge is -2.10. The minimum absolute atomic E-state index is 0.407. The van der Waals surface area contributed by atoms with Crippen LogP contribution < -0.4 is 0 Å². The summed E-state index contributed by atoms with van der Waals surface area (Å²) in [4.78, 5) is 4.05. The largest absolute Gasteiger partial charge is 0.392 e. The number of nitrogens with zero attached hydrogens (tertiary/aromatic N) is 3. The predicted molar refractivity (Wildman–Crippen MR) is 74.9 cm³/mol. The second-order valence-corrected chi connectivity index (χ2v) is 4.97. The van der Waals surface area contributed by atoms with Crippen molar-refractivity contribution in [1.82, 2.24) is 14.8 Å². The van der Waals surface area contributed by atoms with Gasteiger partial charge >= 0.3 is 0 Å². The summed E-state index contributed by atoms with van der Waals surface area (Å²) in [7, 11) is 0. The first-order valence-corrected chi connectivity index (χ1v) is 6.80. The highest BCUT2D eigenvalue weighted by Gasteiger charge is 2.10. The molecule has 0 aliphatic rings. The Kier molecular flexibility index (Phi) is 4.68. The van der Waals surface area contributed by atoms with Gasteiger partial charge in [0, 0.05) is 37.5 Å². The van der Waals surface area contributed by atoms with Crippen LogP contribution in [-0.4, -0.2) is 26.0 Å². The minimum Gasteiger partial charge on any atom is -0.392 e. The summed E-state index contributed by atoms with van der Waals surface area (Å²) < 4.78 is 1.96. The number of aromatic nitrogens is 3. The van der Waals surface area contributed by atoms with Crippen LogP contribution in [0.5, 0.6) is 0 Å². The number of rotatable bonds is 6. The van der Waals surface area contributed by atoms with Crippen LogP contribution >= 0.6 is 0 Å². The predicted octanol–water partition coefficient (Wildman–Crippen LogP) is 2.40. The van der Waals surface area contributed by atoms with Crippen LogP contribution in [0.1, 0.15) is 37.6 Å². The number of aliphatic hydroxyl groups is 1. The molecule has 2 aromatic heterocycles. The van der Waals surface area contributed by atoms with E-state index in [4.69, 9.17) is 0 Å². The summed E-state index contributed by atoms with van der Waals surface area (Å²) in [6.45, 7) is 4.28. The Morgan fingerprint density at radius 3 is 2.84 bits per heavy atom. The average molecular weight is 259 g/mol. The van der Waals surface area contributed by atoms with Crippen LogP contribution in [-0.2, 0) is 12.8 Å². The third kappa shape index (κ3) is 3.89. The van der Waals surface area contributed by atoms with Crippen molar-refractivity contribution < 1.29 is 5.11 Å². The zero-order valence-corrected chi connectivity index (χ0v) is 11.5. The molecule has 2 aromatic rings. The Bertz CT molecular complexity index is 495. The molecule has 4 nitrogen and oxygen atoms in total. The van der Waals surface area contributed by atoms with Crippen molar-refractivity contribution in [2.45, 2.75) is 45.3 Å². The van der Waals surface area contributed by atoms with Crippen LogP contribution in [0.3, 0.4) is 0 Å². The fourth-order valence-electron chi connectivity index (χ4n) is 2.02. The molecule has 0 fully saturated rings. The van der Waals surface area contributed by atoms with Crippen molar-refractivity contribution in [3.05, 3.63) is 48.0 Å². The van der Waals surface area contributed by atoms with E-state index in [-0.39, 0.29) is 0 Å². The van der Waals surface area contributed by atoms with E-state index in [1.165, 1.54) is 0 Å². The van der Waals surface area contributed by atoms with E-state index < -0.39 is 6.10 Å². The molecule has 19 heavy (non-hydrogen) atoms. The lowest BCUT2D eigenvalue weighted by atomic mass is 10.1. The van der Waals surface area contributed by atoms with Crippen LogP contribution in [0, 0.1) is 0 Å². The molecule has 102 valence electrons. The second-order valence-electron chi connectivity index (χ2n) is 4.97. The molecule has 4 heteroatoms. The highest BCUT2D eigenvalue weighted by Crippen LogP contribution is 2.11. The molecule has 2 rings (SSSR count). The van der Waals surface area contributed by atoms with Crippen LogP contribution in [0.4, 0.5) is 0 Å². The first-order valence-electron chi connectivity index (χ1n) is 6.80. The van der Waals surface area contributed by atoms with E-state index in [1.54, 1.807) is 12.4 Å². The molecule has 2 atom stereocenters. The number of pyridine rings is 1. The van der Waals surface area contributed by atoms with E-state index >= 15 is 0 Å². The number of aliphatic hydroxyl groups excluding tert-OH is 1. The Morgan fingerprint density at radius 1 is 1.32 bits per heavy atom. The standard InChI is InChI=1S/C15H21N3O/c1-3-12(2)18-8-6-14(17-18)10-15(19)9-13-5-4-7-16-11-13/h4-8,11-12,15,19H,3,9-10H2,1-2H3. The second kappa shape index (κ2) is 6.48. The molecular formula is C15H21N3O. The van der Waals surface area contributed by atoms with E-state index in [2.05, 4.69) is 23.9 Å². The van der Waals surface area contributed by atoms with Gasteiger partial charge in [-0.25, -0.2) is 0 Å². The molecule has 2 heterocycles. The Labute approximate surface area is 114 Å². The molecule has 0 amide bonds. The fraction of sp³-hybridized carbons (Fsp3) is 0.467. The molecule has 1 N–H and O–H groups in total. The third-order valence-corrected chi connectivity index (χ3v) is 3.34. The lowest BCUT2D eigenvalue weighted by molar-refractivity contribution is 0.173. The van der Waals surface area contributed by atoms with Crippen molar-refractivity contribution in [3.63, 3.8) is 0 Å². The average Bonchev–Trinajstić information content (AvgIpc) is 2.87. The summed E-state index contributed by atoms with van der Waals surface area (Å²) in [5.74, 6) is 0. The van der Waals surface area contributed by atoms with Crippen LogP contribution in [0.15, 0.2) is 36.8 Å². The maximum atomic E-state index is 10.1. The zero-order valence-electron chi connectivity index (χ0n) is 11.5.